The summed E-state index contributed by atoms with van der Waals surface area (Å²) in [4.78, 5) is 41.3. The van der Waals surface area contributed by atoms with Crippen LogP contribution in [-0.4, -0.2) is 44.3 Å². The van der Waals surface area contributed by atoms with Gasteiger partial charge in [0.15, 0.2) is 0 Å². The van der Waals surface area contributed by atoms with Crippen molar-refractivity contribution in [3.63, 3.8) is 0 Å². The molecule has 25 heavy (non-hydrogen) atoms. The van der Waals surface area contributed by atoms with Crippen LogP contribution in [0.25, 0.3) is 0 Å². The molecule has 0 heterocycles. The van der Waals surface area contributed by atoms with Gasteiger partial charge in [-0.3, -0.25) is 0 Å². The minimum absolute atomic E-state index is 0. The molecule has 0 aromatic heterocycles. The first-order valence-electron chi connectivity index (χ1n) is 6.35. The minimum atomic E-state index is -1.06. The standard InChI is InChI=1S/2C8H6O4.W/c2*9-7(10)5-1-2-6(4-3-5)8(11)12;/h2*1-4H,(H,9,10)(H,11,12);. The van der Waals surface area contributed by atoms with Crippen molar-refractivity contribution in [2.24, 2.45) is 0 Å². The maximum Gasteiger partial charge on any atom is 0.335 e. The molecule has 2 rings (SSSR count). The molecule has 0 fully saturated rings. The molecule has 130 valence electrons. The van der Waals surface area contributed by atoms with Gasteiger partial charge in [0.2, 0.25) is 0 Å². The third-order valence-electron chi connectivity index (χ3n) is 2.76. The molecule has 4 N–H and O–H groups in total. The molecule has 0 bridgehead atoms. The molecule has 0 spiro atoms. The van der Waals surface area contributed by atoms with Gasteiger partial charge in [0.05, 0.1) is 22.3 Å². The van der Waals surface area contributed by atoms with E-state index in [0.29, 0.717) is 0 Å². The number of benzene rings is 2. The first-order valence-corrected chi connectivity index (χ1v) is 6.35. The van der Waals surface area contributed by atoms with Crippen molar-refractivity contribution in [2.75, 3.05) is 0 Å². The molecule has 2 aromatic carbocycles. The molecule has 2 aromatic rings. The van der Waals surface area contributed by atoms with Gasteiger partial charge in [0.25, 0.3) is 0 Å². The fourth-order valence-corrected chi connectivity index (χ4v) is 1.51. The Labute approximate surface area is 155 Å². The monoisotopic (exact) mass is 516 g/mol. The molecule has 0 atom stereocenters. The quantitative estimate of drug-likeness (QED) is 0.484. The first-order chi connectivity index (χ1) is 11.2. The maximum atomic E-state index is 10.3. The van der Waals surface area contributed by atoms with E-state index < -0.39 is 23.9 Å². The fourth-order valence-electron chi connectivity index (χ4n) is 1.51. The fraction of sp³-hybridized carbons (Fsp3) is 0. The Balaban J connectivity index is 0.000000443. The van der Waals surface area contributed by atoms with Crippen LogP contribution in [0.3, 0.4) is 0 Å². The van der Waals surface area contributed by atoms with Crippen molar-refractivity contribution in [3.8, 4) is 0 Å². The van der Waals surface area contributed by atoms with Gasteiger partial charge in [-0.15, -0.1) is 0 Å². The van der Waals surface area contributed by atoms with Crippen LogP contribution in [0.15, 0.2) is 48.5 Å². The van der Waals surface area contributed by atoms with Crippen molar-refractivity contribution in [1.29, 1.82) is 0 Å². The number of hydrogen-bond donors (Lipinski definition) is 4. The number of carboxylic acid groups (broad SMARTS) is 4. The van der Waals surface area contributed by atoms with Crippen LogP contribution < -0.4 is 0 Å². The van der Waals surface area contributed by atoms with Gasteiger partial charge in [0.1, 0.15) is 0 Å². The van der Waals surface area contributed by atoms with Crippen molar-refractivity contribution in [1.82, 2.24) is 0 Å². The summed E-state index contributed by atoms with van der Waals surface area (Å²) in [5.74, 6) is -4.25. The zero-order valence-electron chi connectivity index (χ0n) is 12.4. The van der Waals surface area contributed by atoms with E-state index in [1.54, 1.807) is 0 Å². The van der Waals surface area contributed by atoms with E-state index in [9.17, 15) is 19.2 Å². The zero-order chi connectivity index (χ0) is 18.3. The van der Waals surface area contributed by atoms with Crippen LogP contribution in [-0.2, 0) is 21.1 Å². The Morgan fingerprint density at radius 3 is 0.640 bits per heavy atom. The van der Waals surface area contributed by atoms with E-state index in [1.807, 2.05) is 0 Å². The molecule has 0 aliphatic carbocycles. The molecule has 0 saturated carbocycles. The third-order valence-corrected chi connectivity index (χ3v) is 2.76. The SMILES string of the molecule is O=C(O)c1ccc(C(=O)O)cc1.O=C(O)c1ccc(C(=O)O)cc1.[W]. The summed E-state index contributed by atoms with van der Waals surface area (Å²) in [6.45, 7) is 0. The number of aromatic carboxylic acids is 4. The topological polar surface area (TPSA) is 149 Å². The van der Waals surface area contributed by atoms with Crippen LogP contribution in [0.1, 0.15) is 41.4 Å². The Morgan fingerprint density at radius 2 is 0.560 bits per heavy atom. The summed E-state index contributed by atoms with van der Waals surface area (Å²) < 4.78 is 0. The molecular formula is C16H12O8W. The largest absolute Gasteiger partial charge is 0.478 e. The number of hydrogen-bond acceptors (Lipinski definition) is 4. The predicted octanol–water partition coefficient (Wildman–Crippen LogP) is 2.16. The van der Waals surface area contributed by atoms with Crippen LogP contribution in [0.5, 0.6) is 0 Å². The van der Waals surface area contributed by atoms with Crippen LogP contribution in [0.4, 0.5) is 0 Å². The molecular weight excluding hydrogens is 504 g/mol. The van der Waals surface area contributed by atoms with Crippen LogP contribution in [0, 0.1) is 0 Å². The Bertz CT molecular complexity index is 632. The second-order valence-electron chi connectivity index (χ2n) is 4.38. The maximum absolute atomic E-state index is 10.3. The summed E-state index contributed by atoms with van der Waals surface area (Å²) in [6.07, 6.45) is 0. The first kappa shape index (κ1) is 22.0. The Kier molecular flexibility index (Phi) is 8.80. The van der Waals surface area contributed by atoms with Crippen molar-refractivity contribution < 1.29 is 60.7 Å². The minimum Gasteiger partial charge on any atom is -0.478 e. The van der Waals surface area contributed by atoms with Gasteiger partial charge in [0, 0.05) is 21.1 Å². The zero-order valence-corrected chi connectivity index (χ0v) is 15.4. The van der Waals surface area contributed by atoms with E-state index in [1.165, 1.54) is 48.5 Å². The molecule has 0 radical (unpaired) electrons. The van der Waals surface area contributed by atoms with Crippen molar-refractivity contribution in [2.45, 2.75) is 0 Å². The number of rotatable bonds is 4. The van der Waals surface area contributed by atoms with Gasteiger partial charge in [-0.2, -0.15) is 0 Å². The summed E-state index contributed by atoms with van der Waals surface area (Å²) in [5, 5.41) is 33.9. The second kappa shape index (κ2) is 9.99. The second-order valence-corrected chi connectivity index (χ2v) is 4.38. The average molecular weight is 516 g/mol. The number of carboxylic acids is 4. The number of carbonyl (C=O) groups is 4. The molecule has 9 heteroatoms. The van der Waals surface area contributed by atoms with E-state index in [4.69, 9.17) is 20.4 Å². The van der Waals surface area contributed by atoms with Gasteiger partial charge in [-0.05, 0) is 48.5 Å². The van der Waals surface area contributed by atoms with Crippen LogP contribution >= 0.6 is 0 Å². The molecule has 0 amide bonds. The van der Waals surface area contributed by atoms with Gasteiger partial charge < -0.3 is 20.4 Å². The van der Waals surface area contributed by atoms with Crippen LogP contribution in [0.2, 0.25) is 0 Å². The predicted molar refractivity (Wildman–Crippen MR) is 80.7 cm³/mol. The molecule has 0 saturated heterocycles. The van der Waals surface area contributed by atoms with E-state index in [2.05, 4.69) is 0 Å². The van der Waals surface area contributed by atoms with Crippen molar-refractivity contribution >= 4 is 23.9 Å². The Morgan fingerprint density at radius 1 is 0.440 bits per heavy atom. The summed E-state index contributed by atoms with van der Waals surface area (Å²) >= 11 is 0. The summed E-state index contributed by atoms with van der Waals surface area (Å²) in [7, 11) is 0. The van der Waals surface area contributed by atoms with E-state index >= 15 is 0 Å². The molecule has 0 unspecified atom stereocenters. The molecule has 0 aliphatic rings. The third kappa shape index (κ3) is 6.97. The molecule has 8 nitrogen and oxygen atoms in total. The van der Waals surface area contributed by atoms with Gasteiger partial charge in [-0.25, -0.2) is 19.2 Å². The van der Waals surface area contributed by atoms with Gasteiger partial charge >= 0.3 is 23.9 Å². The normalized spacial score (nSPS) is 8.96. The smallest absolute Gasteiger partial charge is 0.335 e. The van der Waals surface area contributed by atoms with Crippen molar-refractivity contribution in [3.05, 3.63) is 70.8 Å². The Hall–Kier alpha value is -2.99. The average Bonchev–Trinajstić information content (AvgIpc) is 2.55. The summed E-state index contributed by atoms with van der Waals surface area (Å²) in [5.41, 5.74) is 0.333. The van der Waals surface area contributed by atoms with E-state index in [0.717, 1.165) is 0 Å². The van der Waals surface area contributed by atoms with E-state index in [-0.39, 0.29) is 43.3 Å². The summed E-state index contributed by atoms with van der Waals surface area (Å²) in [6, 6.07) is 10.0. The van der Waals surface area contributed by atoms with Gasteiger partial charge in [-0.1, -0.05) is 0 Å². The molecule has 0 aliphatic heterocycles.